The zero-order valence-electron chi connectivity index (χ0n) is 18.6. The van der Waals surface area contributed by atoms with Gasteiger partial charge in [0.05, 0.1) is 34.6 Å². The first-order valence-electron chi connectivity index (χ1n) is 11.4. The number of aromatic nitrogens is 5. The molecule has 1 aliphatic carbocycles. The summed E-state index contributed by atoms with van der Waals surface area (Å²) in [5, 5.41) is 7.42. The van der Waals surface area contributed by atoms with Crippen molar-refractivity contribution in [3.8, 4) is 0 Å². The number of nitrogens with zero attached hydrogens (tertiary/aromatic N) is 5. The number of carbonyl (C=O) groups excluding carboxylic acids is 1. The van der Waals surface area contributed by atoms with Crippen molar-refractivity contribution in [2.45, 2.75) is 30.8 Å². The summed E-state index contributed by atoms with van der Waals surface area (Å²) in [5.41, 5.74) is 1.06. The standard InChI is InChI=1S/C23H22F2N6O3S/c24-15-4-18(25)22-27-6-16(31(22)10-15)11-35(33,34)12-21-17-7-26-20(5-19(17)28-29-21)23(32)30-8-13-1-2-14(3-13)9-30/h4-7,10,13-14H,1-3,8-9,11-12H2,(H,28,29). The van der Waals surface area contributed by atoms with E-state index in [0.717, 1.165) is 36.5 Å². The molecule has 12 heteroatoms. The molecule has 1 saturated heterocycles. The molecule has 2 atom stereocenters. The predicted molar refractivity (Wildman–Crippen MR) is 122 cm³/mol. The number of piperidine rings is 1. The topological polar surface area (TPSA) is 113 Å². The van der Waals surface area contributed by atoms with Gasteiger partial charge in [-0.3, -0.25) is 19.3 Å². The lowest BCUT2D eigenvalue weighted by molar-refractivity contribution is 0.0656. The molecule has 9 nitrogen and oxygen atoms in total. The van der Waals surface area contributed by atoms with Crippen LogP contribution in [0.4, 0.5) is 8.78 Å². The maximum Gasteiger partial charge on any atom is 0.272 e. The van der Waals surface area contributed by atoms with Gasteiger partial charge in [0.25, 0.3) is 5.91 Å². The van der Waals surface area contributed by atoms with Crippen LogP contribution < -0.4 is 0 Å². The summed E-state index contributed by atoms with van der Waals surface area (Å²) in [6.45, 7) is 1.49. The number of hydrogen-bond acceptors (Lipinski definition) is 6. The lowest BCUT2D eigenvalue weighted by Gasteiger charge is -2.31. The normalized spacial score (nSPS) is 20.2. The Hall–Kier alpha value is -3.41. The molecule has 5 heterocycles. The number of halogens is 2. The Kier molecular flexibility index (Phi) is 5.09. The number of nitrogens with one attached hydrogen (secondary N) is 1. The second kappa shape index (κ2) is 8.08. The van der Waals surface area contributed by atoms with Crippen LogP contribution in [-0.4, -0.2) is 56.9 Å². The van der Waals surface area contributed by atoms with Gasteiger partial charge in [-0.25, -0.2) is 22.2 Å². The van der Waals surface area contributed by atoms with Crippen molar-refractivity contribution < 1.29 is 22.0 Å². The smallest absolute Gasteiger partial charge is 0.272 e. The minimum absolute atomic E-state index is 0.132. The molecule has 4 aromatic rings. The highest BCUT2D eigenvalue weighted by Gasteiger charge is 2.35. The van der Waals surface area contributed by atoms with Gasteiger partial charge in [-0.15, -0.1) is 0 Å². The molecule has 1 N–H and O–H groups in total. The summed E-state index contributed by atoms with van der Waals surface area (Å²) in [5.74, 6) is -1.58. The highest BCUT2D eigenvalue weighted by atomic mass is 32.2. The summed E-state index contributed by atoms with van der Waals surface area (Å²) < 4.78 is 54.5. The quantitative estimate of drug-likeness (QED) is 0.451. The first kappa shape index (κ1) is 22.1. The average molecular weight is 501 g/mol. The van der Waals surface area contributed by atoms with E-state index in [0.29, 0.717) is 34.5 Å². The van der Waals surface area contributed by atoms with Gasteiger partial charge in [0.2, 0.25) is 0 Å². The van der Waals surface area contributed by atoms with Gasteiger partial charge in [-0.05, 0) is 37.2 Å². The Balaban J connectivity index is 1.22. The number of H-pyrrole nitrogens is 1. The summed E-state index contributed by atoms with van der Waals surface area (Å²) in [6, 6.07) is 2.27. The van der Waals surface area contributed by atoms with E-state index in [-0.39, 0.29) is 28.7 Å². The second-order valence-corrected chi connectivity index (χ2v) is 11.6. The highest BCUT2D eigenvalue weighted by molar-refractivity contribution is 7.89. The van der Waals surface area contributed by atoms with Crippen LogP contribution in [0.2, 0.25) is 0 Å². The summed E-state index contributed by atoms with van der Waals surface area (Å²) in [7, 11) is -3.76. The van der Waals surface area contributed by atoms with Gasteiger partial charge in [0.1, 0.15) is 11.5 Å². The third-order valence-electron chi connectivity index (χ3n) is 6.97. The number of rotatable bonds is 5. The number of fused-ring (bicyclic) bond motifs is 4. The van der Waals surface area contributed by atoms with Crippen molar-refractivity contribution in [3.63, 3.8) is 0 Å². The van der Waals surface area contributed by atoms with Crippen molar-refractivity contribution in [1.29, 1.82) is 0 Å². The molecule has 4 aromatic heterocycles. The number of amides is 1. The zero-order chi connectivity index (χ0) is 24.3. The molecule has 0 aromatic carbocycles. The molecule has 2 aliphatic rings. The van der Waals surface area contributed by atoms with Crippen molar-refractivity contribution >= 4 is 32.3 Å². The van der Waals surface area contributed by atoms with Crippen LogP contribution in [0.3, 0.4) is 0 Å². The SMILES string of the molecule is O=C(c1cc2n[nH]c(CS(=O)(=O)Cc3cnc4c(F)cc(F)cn34)c2cn1)N1CC2CCC(C2)C1. The third-order valence-corrected chi connectivity index (χ3v) is 8.43. The van der Waals surface area contributed by atoms with Crippen LogP contribution in [0.15, 0.2) is 30.7 Å². The summed E-state index contributed by atoms with van der Waals surface area (Å²) >= 11 is 0. The molecule has 35 heavy (non-hydrogen) atoms. The Morgan fingerprint density at radius 1 is 1.09 bits per heavy atom. The first-order chi connectivity index (χ1) is 16.8. The monoisotopic (exact) mass is 500 g/mol. The Morgan fingerprint density at radius 3 is 2.63 bits per heavy atom. The molecule has 6 rings (SSSR count). The van der Waals surface area contributed by atoms with E-state index in [9.17, 15) is 22.0 Å². The van der Waals surface area contributed by atoms with Crippen molar-refractivity contribution in [2.24, 2.45) is 11.8 Å². The van der Waals surface area contributed by atoms with Crippen molar-refractivity contribution in [1.82, 2.24) is 29.5 Å². The molecule has 1 amide bonds. The lowest BCUT2D eigenvalue weighted by atomic mass is 9.98. The average Bonchev–Trinajstić information content (AvgIpc) is 3.50. The number of imidazole rings is 1. The number of aromatic amines is 1. The fourth-order valence-electron chi connectivity index (χ4n) is 5.39. The van der Waals surface area contributed by atoms with E-state index in [1.165, 1.54) is 18.8 Å². The molecule has 2 unspecified atom stereocenters. The number of hydrogen-bond donors (Lipinski definition) is 1. The van der Waals surface area contributed by atoms with E-state index >= 15 is 0 Å². The van der Waals surface area contributed by atoms with Crippen molar-refractivity contribution in [2.75, 3.05) is 13.1 Å². The molecule has 1 saturated carbocycles. The minimum Gasteiger partial charge on any atom is -0.337 e. The van der Waals surface area contributed by atoms with Crippen LogP contribution >= 0.6 is 0 Å². The molecule has 1 aliphatic heterocycles. The maximum atomic E-state index is 13.9. The Morgan fingerprint density at radius 2 is 1.86 bits per heavy atom. The second-order valence-electron chi connectivity index (χ2n) is 9.53. The highest BCUT2D eigenvalue weighted by Crippen LogP contribution is 2.36. The number of pyridine rings is 2. The van der Waals surface area contributed by atoms with Gasteiger partial charge in [0, 0.05) is 36.9 Å². The van der Waals surface area contributed by atoms with Gasteiger partial charge in [-0.2, -0.15) is 5.10 Å². The predicted octanol–water partition coefficient (Wildman–Crippen LogP) is 2.87. The van der Waals surface area contributed by atoms with E-state index in [4.69, 9.17) is 0 Å². The minimum atomic E-state index is -3.76. The zero-order valence-corrected chi connectivity index (χ0v) is 19.4. The van der Waals surface area contributed by atoms with E-state index in [1.54, 1.807) is 6.07 Å². The lowest BCUT2D eigenvalue weighted by Crippen LogP contribution is -2.41. The molecule has 182 valence electrons. The van der Waals surface area contributed by atoms with Crippen LogP contribution in [0.1, 0.15) is 41.1 Å². The molecule has 0 spiro atoms. The Labute approximate surface area is 199 Å². The molecular weight excluding hydrogens is 478 g/mol. The van der Waals surface area contributed by atoms with Crippen LogP contribution in [-0.2, 0) is 21.3 Å². The van der Waals surface area contributed by atoms with Gasteiger partial charge < -0.3 is 4.90 Å². The molecule has 2 bridgehead atoms. The summed E-state index contributed by atoms with van der Waals surface area (Å²) in [6.07, 6.45) is 7.19. The summed E-state index contributed by atoms with van der Waals surface area (Å²) in [4.78, 5) is 23.0. The van der Waals surface area contributed by atoms with Gasteiger partial charge >= 0.3 is 0 Å². The van der Waals surface area contributed by atoms with Crippen LogP contribution in [0, 0.1) is 23.5 Å². The van der Waals surface area contributed by atoms with E-state index in [2.05, 4.69) is 20.2 Å². The van der Waals surface area contributed by atoms with Crippen molar-refractivity contribution in [3.05, 3.63) is 59.4 Å². The molecule has 2 fully saturated rings. The maximum absolute atomic E-state index is 13.9. The van der Waals surface area contributed by atoms with Crippen LogP contribution in [0.25, 0.3) is 16.6 Å². The van der Waals surface area contributed by atoms with E-state index < -0.39 is 27.2 Å². The van der Waals surface area contributed by atoms with Gasteiger partial charge in [0.15, 0.2) is 21.3 Å². The number of likely N-dealkylation sites (tertiary alicyclic amines) is 1. The number of carbonyl (C=O) groups is 1. The fourth-order valence-corrected chi connectivity index (χ4v) is 6.81. The molecular formula is C23H22F2N6O3S. The van der Waals surface area contributed by atoms with E-state index in [1.807, 2.05) is 4.90 Å². The van der Waals surface area contributed by atoms with Crippen LogP contribution in [0.5, 0.6) is 0 Å². The third kappa shape index (κ3) is 4.05. The molecule has 0 radical (unpaired) electrons. The Bertz CT molecular complexity index is 1570. The number of sulfone groups is 1. The van der Waals surface area contributed by atoms with Gasteiger partial charge in [-0.1, -0.05) is 0 Å². The fraction of sp³-hybridized carbons (Fsp3) is 0.391. The first-order valence-corrected chi connectivity index (χ1v) is 13.2. The largest absolute Gasteiger partial charge is 0.337 e.